The molecule has 0 aromatic heterocycles. The largest absolute Gasteiger partial charge is 0.476 e. The van der Waals surface area contributed by atoms with Crippen molar-refractivity contribution in [2.75, 3.05) is 13.2 Å². The number of hydrogen-bond acceptors (Lipinski definition) is 3. The summed E-state index contributed by atoms with van der Waals surface area (Å²) in [6.45, 7) is 5.05. The zero-order valence-corrected chi connectivity index (χ0v) is 12.8. The molecule has 0 radical (unpaired) electrons. The second-order valence-corrected chi connectivity index (χ2v) is 5.90. The van der Waals surface area contributed by atoms with Gasteiger partial charge in [0.25, 0.3) is 0 Å². The number of para-hydroxylation sites is 1. The van der Waals surface area contributed by atoms with E-state index in [0.717, 1.165) is 14.6 Å². The molecule has 1 aliphatic rings. The number of nitrogens with zero attached hydrogens (tertiary/aromatic N) is 1. The van der Waals surface area contributed by atoms with E-state index >= 15 is 0 Å². The van der Waals surface area contributed by atoms with Gasteiger partial charge in [0, 0.05) is 8.95 Å². The van der Waals surface area contributed by atoms with Crippen LogP contribution in [0.5, 0.6) is 0 Å². The van der Waals surface area contributed by atoms with E-state index in [4.69, 9.17) is 9.47 Å². The molecule has 0 bridgehead atoms. The van der Waals surface area contributed by atoms with Crippen molar-refractivity contribution in [2.45, 2.75) is 19.4 Å². The molecule has 1 aliphatic heterocycles. The van der Waals surface area contributed by atoms with Crippen molar-refractivity contribution in [1.29, 1.82) is 0 Å². The third-order valence-electron chi connectivity index (χ3n) is 2.45. The highest BCUT2D eigenvalue weighted by Crippen LogP contribution is 2.34. The Morgan fingerprint density at radius 3 is 2.41 bits per heavy atom. The SMILES string of the molecule is CC1(C)OCCOC1=Nc1c(Br)cccc1Br. The van der Waals surface area contributed by atoms with Crippen molar-refractivity contribution >= 4 is 43.4 Å². The Bertz CT molecular complexity index is 438. The van der Waals surface area contributed by atoms with Crippen LogP contribution in [0.2, 0.25) is 0 Å². The summed E-state index contributed by atoms with van der Waals surface area (Å²) in [5, 5.41) is 0. The van der Waals surface area contributed by atoms with E-state index in [0.29, 0.717) is 19.1 Å². The number of ether oxygens (including phenoxy) is 2. The topological polar surface area (TPSA) is 30.8 Å². The average molecular weight is 363 g/mol. The average Bonchev–Trinajstić information content (AvgIpc) is 2.25. The maximum atomic E-state index is 5.64. The molecule has 1 saturated heterocycles. The standard InChI is InChI=1S/C12H13Br2NO2/c1-12(2)11(16-6-7-17-12)15-10-8(13)4-3-5-9(10)14/h3-5H,6-7H2,1-2H3. The number of aliphatic imine (C=N–C) groups is 1. The molecule has 1 aromatic rings. The van der Waals surface area contributed by atoms with Crippen LogP contribution >= 0.6 is 31.9 Å². The summed E-state index contributed by atoms with van der Waals surface area (Å²) in [5.41, 5.74) is 0.341. The quantitative estimate of drug-likeness (QED) is 0.754. The van der Waals surface area contributed by atoms with Crippen LogP contribution < -0.4 is 0 Å². The lowest BCUT2D eigenvalue weighted by Crippen LogP contribution is -2.42. The van der Waals surface area contributed by atoms with Crippen molar-refractivity contribution in [1.82, 2.24) is 0 Å². The van der Waals surface area contributed by atoms with E-state index < -0.39 is 5.60 Å². The van der Waals surface area contributed by atoms with Gasteiger partial charge in [-0.3, -0.25) is 0 Å². The Morgan fingerprint density at radius 1 is 1.18 bits per heavy atom. The van der Waals surface area contributed by atoms with Gasteiger partial charge in [-0.1, -0.05) is 6.07 Å². The highest BCUT2D eigenvalue weighted by Gasteiger charge is 2.31. The van der Waals surface area contributed by atoms with Gasteiger partial charge < -0.3 is 9.47 Å². The van der Waals surface area contributed by atoms with Crippen LogP contribution in [0.1, 0.15) is 13.8 Å². The summed E-state index contributed by atoms with van der Waals surface area (Å²) in [4.78, 5) is 4.55. The van der Waals surface area contributed by atoms with Crippen molar-refractivity contribution in [3.63, 3.8) is 0 Å². The fourth-order valence-electron chi connectivity index (χ4n) is 1.53. The molecule has 92 valence electrons. The maximum Gasteiger partial charge on any atom is 0.221 e. The van der Waals surface area contributed by atoms with Gasteiger partial charge in [-0.2, -0.15) is 0 Å². The molecule has 17 heavy (non-hydrogen) atoms. The van der Waals surface area contributed by atoms with Crippen molar-refractivity contribution in [3.8, 4) is 0 Å². The smallest absolute Gasteiger partial charge is 0.221 e. The summed E-state index contributed by atoms with van der Waals surface area (Å²) in [5.74, 6) is 0.608. The minimum Gasteiger partial charge on any atom is -0.476 e. The van der Waals surface area contributed by atoms with Crippen LogP contribution in [-0.4, -0.2) is 24.7 Å². The number of hydrogen-bond donors (Lipinski definition) is 0. The van der Waals surface area contributed by atoms with Crippen molar-refractivity contribution in [2.24, 2.45) is 4.99 Å². The van der Waals surface area contributed by atoms with Gasteiger partial charge in [0.1, 0.15) is 12.2 Å². The van der Waals surface area contributed by atoms with E-state index in [1.54, 1.807) is 0 Å². The molecule has 0 spiro atoms. The van der Waals surface area contributed by atoms with Crippen molar-refractivity contribution < 1.29 is 9.47 Å². The molecule has 2 rings (SSSR count). The van der Waals surface area contributed by atoms with Crippen LogP contribution in [0.15, 0.2) is 32.1 Å². The maximum absolute atomic E-state index is 5.64. The first-order chi connectivity index (χ1) is 8.00. The first-order valence-corrected chi connectivity index (χ1v) is 6.89. The Kier molecular flexibility index (Phi) is 3.90. The number of benzene rings is 1. The van der Waals surface area contributed by atoms with Crippen LogP contribution in [0, 0.1) is 0 Å². The highest BCUT2D eigenvalue weighted by molar-refractivity contribution is 9.11. The van der Waals surface area contributed by atoms with Gasteiger partial charge in [-0.15, -0.1) is 0 Å². The zero-order chi connectivity index (χ0) is 12.5. The van der Waals surface area contributed by atoms with E-state index in [-0.39, 0.29) is 0 Å². The molecule has 0 unspecified atom stereocenters. The molecule has 0 N–H and O–H groups in total. The lowest BCUT2D eigenvalue weighted by molar-refractivity contribution is -0.0358. The van der Waals surface area contributed by atoms with Gasteiger partial charge in [-0.25, -0.2) is 4.99 Å². The van der Waals surface area contributed by atoms with Crippen LogP contribution in [0.3, 0.4) is 0 Å². The van der Waals surface area contributed by atoms with E-state index in [1.807, 2.05) is 32.0 Å². The molecule has 0 saturated carbocycles. The minimum atomic E-state index is -0.479. The molecule has 0 aliphatic carbocycles. The van der Waals surface area contributed by atoms with Gasteiger partial charge in [0.05, 0.1) is 12.3 Å². The molecule has 0 atom stereocenters. The lowest BCUT2D eigenvalue weighted by atomic mass is 10.1. The van der Waals surface area contributed by atoms with Gasteiger partial charge in [0.15, 0.2) is 0 Å². The third-order valence-corrected chi connectivity index (χ3v) is 3.73. The van der Waals surface area contributed by atoms with Crippen LogP contribution in [0.4, 0.5) is 5.69 Å². The Morgan fingerprint density at radius 2 is 1.82 bits per heavy atom. The van der Waals surface area contributed by atoms with Gasteiger partial charge in [0.2, 0.25) is 5.90 Å². The molecule has 1 fully saturated rings. The van der Waals surface area contributed by atoms with Crippen LogP contribution in [0.25, 0.3) is 0 Å². The number of rotatable bonds is 1. The normalized spacial score (nSPS) is 21.3. The molecule has 3 nitrogen and oxygen atoms in total. The van der Waals surface area contributed by atoms with E-state index in [2.05, 4.69) is 36.9 Å². The second-order valence-electron chi connectivity index (χ2n) is 4.19. The predicted molar refractivity (Wildman–Crippen MR) is 74.9 cm³/mol. The number of halogens is 2. The Hall–Kier alpha value is -0.390. The molecule has 5 heteroatoms. The first-order valence-electron chi connectivity index (χ1n) is 5.30. The summed E-state index contributed by atoms with van der Waals surface area (Å²) in [6.07, 6.45) is 0. The fourth-order valence-corrected chi connectivity index (χ4v) is 2.71. The summed E-state index contributed by atoms with van der Waals surface area (Å²) in [6, 6.07) is 5.84. The van der Waals surface area contributed by atoms with Crippen molar-refractivity contribution in [3.05, 3.63) is 27.1 Å². The molecule has 1 aromatic carbocycles. The predicted octanol–water partition coefficient (Wildman–Crippen LogP) is 4.07. The Balaban J connectivity index is 2.41. The first kappa shape index (κ1) is 13.1. The van der Waals surface area contributed by atoms with Crippen LogP contribution in [-0.2, 0) is 9.47 Å². The lowest BCUT2D eigenvalue weighted by Gasteiger charge is -2.31. The highest BCUT2D eigenvalue weighted by atomic mass is 79.9. The molecule has 1 heterocycles. The Labute approximate surface area is 117 Å². The second kappa shape index (κ2) is 5.08. The van der Waals surface area contributed by atoms with E-state index in [9.17, 15) is 0 Å². The minimum absolute atomic E-state index is 0.479. The van der Waals surface area contributed by atoms with Gasteiger partial charge >= 0.3 is 0 Å². The summed E-state index contributed by atoms with van der Waals surface area (Å²) in [7, 11) is 0. The van der Waals surface area contributed by atoms with E-state index in [1.165, 1.54) is 0 Å². The zero-order valence-electron chi connectivity index (χ0n) is 9.67. The molecular weight excluding hydrogens is 350 g/mol. The summed E-state index contributed by atoms with van der Waals surface area (Å²) >= 11 is 6.96. The fraction of sp³-hybridized carbons (Fsp3) is 0.417. The summed E-state index contributed by atoms with van der Waals surface area (Å²) < 4.78 is 13.1. The molecule has 0 amide bonds. The third kappa shape index (κ3) is 2.89. The monoisotopic (exact) mass is 361 g/mol. The molecular formula is C12H13Br2NO2. The van der Waals surface area contributed by atoms with Gasteiger partial charge in [-0.05, 0) is 57.8 Å².